The van der Waals surface area contributed by atoms with E-state index >= 15 is 0 Å². The van der Waals surface area contributed by atoms with Gasteiger partial charge in [0.25, 0.3) is 0 Å². The van der Waals surface area contributed by atoms with Crippen LogP contribution in [0.1, 0.15) is 27.6 Å². The van der Waals surface area contributed by atoms with Gasteiger partial charge in [-0.3, -0.25) is 0 Å². The van der Waals surface area contributed by atoms with Crippen molar-refractivity contribution in [2.24, 2.45) is 0 Å². The van der Waals surface area contributed by atoms with E-state index in [0.717, 1.165) is 4.90 Å². The zero-order valence-electron chi connectivity index (χ0n) is 23.3. The highest BCUT2D eigenvalue weighted by Crippen LogP contribution is 2.21. The van der Waals surface area contributed by atoms with Gasteiger partial charge in [0.1, 0.15) is 6.56 Å². The van der Waals surface area contributed by atoms with Crippen LogP contribution in [0.25, 0.3) is 10.9 Å². The Morgan fingerprint density at radius 1 is 1.57 bits per heavy atom. The van der Waals surface area contributed by atoms with Crippen molar-refractivity contribution in [3.8, 4) is 0 Å². The van der Waals surface area contributed by atoms with Crippen molar-refractivity contribution in [1.29, 1.82) is 0 Å². The van der Waals surface area contributed by atoms with E-state index in [-0.39, 0.29) is 5.52 Å². The summed E-state index contributed by atoms with van der Waals surface area (Å²) in [5.74, 6) is 0. The summed E-state index contributed by atoms with van der Waals surface area (Å²) in [6.45, 7) is -5.56. The minimum atomic E-state index is -2.97. The van der Waals surface area contributed by atoms with Crippen molar-refractivity contribution in [1.82, 2.24) is 15.2 Å². The summed E-state index contributed by atoms with van der Waals surface area (Å²) in [4.78, 5) is 14.9. The van der Waals surface area contributed by atoms with Gasteiger partial charge >= 0.3 is 6.09 Å². The molecular formula is C16H21N3O2. The molecule has 0 spiro atoms. The van der Waals surface area contributed by atoms with Gasteiger partial charge < -0.3 is 19.9 Å². The Morgan fingerprint density at radius 2 is 2.43 bits per heavy atom. The maximum Gasteiger partial charge on any atom is 0.407 e. The number of hydrogen-bond acceptors (Lipinski definition) is 3. The molecule has 1 saturated heterocycles. The smallest absolute Gasteiger partial charge is 0.407 e. The molecule has 21 heavy (non-hydrogen) atoms. The van der Waals surface area contributed by atoms with Crippen LogP contribution in [-0.2, 0) is 17.5 Å². The van der Waals surface area contributed by atoms with Gasteiger partial charge in [0.15, 0.2) is 0 Å². The van der Waals surface area contributed by atoms with E-state index in [4.69, 9.17) is 16.4 Å². The van der Waals surface area contributed by atoms with Crippen LogP contribution in [0.4, 0.5) is 4.79 Å². The quantitative estimate of drug-likeness (QED) is 0.887. The number of alkyl carbamates (subject to hydrolysis) is 1. The van der Waals surface area contributed by atoms with E-state index in [1.54, 1.807) is 0 Å². The van der Waals surface area contributed by atoms with Gasteiger partial charge in [0.2, 0.25) is 0 Å². The molecule has 5 nitrogen and oxygen atoms in total. The van der Waals surface area contributed by atoms with Crippen LogP contribution in [0.5, 0.6) is 0 Å². The summed E-state index contributed by atoms with van der Waals surface area (Å²) in [7, 11) is 2.54. The number of nitrogens with zero attached hydrogens (tertiary/aromatic N) is 1. The topological polar surface area (TPSA) is 57.4 Å². The van der Waals surface area contributed by atoms with Gasteiger partial charge in [0.05, 0.1) is 14.3 Å². The number of aromatic amines is 1. The summed E-state index contributed by atoms with van der Waals surface area (Å²) >= 11 is 0. The molecule has 1 amide bonds. The Bertz CT molecular complexity index is 1140. The molecule has 1 atom stereocenters. The fourth-order valence-corrected chi connectivity index (χ4v) is 1.71. The van der Waals surface area contributed by atoms with E-state index < -0.39 is 78.8 Å². The average Bonchev–Trinajstić information content (AvgIpc) is 3.15. The first-order valence-electron chi connectivity index (χ1n) is 12.1. The summed E-state index contributed by atoms with van der Waals surface area (Å²) < 4.78 is 104. The minimum Gasteiger partial charge on any atom is -0.447 e. The molecule has 2 N–H and O–H groups in total. The Morgan fingerprint density at radius 3 is 3.14 bits per heavy atom. The summed E-state index contributed by atoms with van der Waals surface area (Å²) in [5.41, 5.74) is -1.82. The van der Waals surface area contributed by atoms with E-state index in [2.05, 4.69) is 9.72 Å². The second kappa shape index (κ2) is 5.77. The van der Waals surface area contributed by atoms with Gasteiger partial charge in [-0.15, -0.1) is 0 Å². The number of ether oxygens (including phenoxy) is 1. The molecule has 0 bridgehead atoms. The lowest BCUT2D eigenvalue weighted by Gasteiger charge is -2.09. The van der Waals surface area contributed by atoms with Crippen LogP contribution < -0.4 is 5.32 Å². The zero-order chi connectivity index (χ0) is 25.5. The molecule has 1 aliphatic rings. The number of cyclic esters (lactones) is 1. The molecule has 1 aromatic carbocycles. The largest absolute Gasteiger partial charge is 0.447 e. The lowest BCUT2D eigenvalue weighted by Crippen LogP contribution is -2.28. The number of H-pyrrole nitrogens is 1. The molecule has 0 aliphatic carbocycles. The summed E-state index contributed by atoms with van der Waals surface area (Å²) in [6.07, 6.45) is -7.82. The molecular weight excluding hydrogens is 266 g/mol. The van der Waals surface area contributed by atoms with E-state index in [1.807, 2.05) is 5.32 Å². The first kappa shape index (κ1) is 5.65. The van der Waals surface area contributed by atoms with Crippen molar-refractivity contribution in [3.05, 3.63) is 35.4 Å². The van der Waals surface area contributed by atoms with Crippen LogP contribution in [0.2, 0.25) is 0 Å². The number of carbonyl (C=O) groups is 1. The van der Waals surface area contributed by atoms with Crippen LogP contribution in [0.15, 0.2) is 24.3 Å². The maximum absolute atomic E-state index is 11.6. The molecule has 3 rings (SSSR count). The number of amides is 1. The zero-order valence-corrected chi connectivity index (χ0v) is 11.3. The third-order valence-corrected chi connectivity index (χ3v) is 2.60. The number of nitrogens with one attached hydrogen (secondary N) is 2. The third kappa shape index (κ3) is 3.19. The third-order valence-electron chi connectivity index (χ3n) is 2.60. The van der Waals surface area contributed by atoms with Gasteiger partial charge in [-0.25, -0.2) is 4.79 Å². The Kier molecular flexibility index (Phi) is 1.55. The molecule has 1 fully saturated rings. The molecule has 112 valence electrons. The number of likely N-dealkylation sites (N-methyl/N-ethyl adjacent to an activating group) is 1. The molecule has 1 aliphatic heterocycles. The fraction of sp³-hybridized carbons (Fsp3) is 0.438. The predicted octanol–water partition coefficient (Wildman–Crippen LogP) is 1.92. The van der Waals surface area contributed by atoms with E-state index in [1.165, 1.54) is 14.1 Å². The first-order chi connectivity index (χ1) is 14.8. The molecule has 1 aromatic heterocycles. The van der Waals surface area contributed by atoms with E-state index in [0.29, 0.717) is 0 Å². The highest BCUT2D eigenvalue weighted by atomic mass is 16.6. The van der Waals surface area contributed by atoms with Crippen LogP contribution in [-0.4, -0.2) is 49.2 Å². The van der Waals surface area contributed by atoms with Crippen molar-refractivity contribution < 1.29 is 26.0 Å². The number of aromatic nitrogens is 1. The average molecular weight is 299 g/mol. The summed E-state index contributed by atoms with van der Waals surface area (Å²) in [6, 6.07) is -4.38. The van der Waals surface area contributed by atoms with Crippen LogP contribution in [0, 0.1) is 0 Å². The number of hydrogen-bond donors (Lipinski definition) is 2. The van der Waals surface area contributed by atoms with Crippen molar-refractivity contribution in [3.63, 3.8) is 0 Å². The number of benzene rings is 1. The molecule has 5 heteroatoms. The highest BCUT2D eigenvalue weighted by molar-refractivity contribution is 5.84. The van der Waals surface area contributed by atoms with Gasteiger partial charge in [-0.2, -0.15) is 0 Å². The lowest BCUT2D eigenvalue weighted by atomic mass is 10.0. The fourth-order valence-electron chi connectivity index (χ4n) is 1.71. The standard InChI is InChI=1S/C16H21N3O2/c1-19(2)6-5-12-9-17-15-4-3-11(8-14(12)15)7-13-10-21-16(20)18-13/h3-4,8-9,13,17H,5-7,10H2,1-2H3,(H,18,20)/t13-/m0/s1/i3D,4D,5D2,6D2,7D2,8D,9D,10D2. The number of fused-ring (bicyclic) bond motifs is 1. The van der Waals surface area contributed by atoms with E-state index in [9.17, 15) is 4.79 Å². The molecule has 0 unspecified atom stereocenters. The van der Waals surface area contributed by atoms with Crippen molar-refractivity contribution >= 4 is 17.0 Å². The number of rotatable bonds is 5. The Balaban J connectivity index is 2.40. The number of carbonyl (C=O) groups excluding carboxylic acids is 1. The van der Waals surface area contributed by atoms with Gasteiger partial charge in [-0.05, 0) is 50.1 Å². The lowest BCUT2D eigenvalue weighted by molar-refractivity contribution is 0.177. The van der Waals surface area contributed by atoms with Crippen LogP contribution in [0.3, 0.4) is 0 Å². The second-order valence-corrected chi connectivity index (χ2v) is 4.49. The molecule has 2 aromatic rings. The van der Waals surface area contributed by atoms with Crippen LogP contribution >= 0.6 is 0 Å². The predicted molar refractivity (Wildman–Crippen MR) is 82.5 cm³/mol. The first-order valence-corrected chi connectivity index (χ1v) is 6.10. The monoisotopic (exact) mass is 299 g/mol. The molecule has 2 heterocycles. The molecule has 0 saturated carbocycles. The molecule has 0 radical (unpaired) electrons. The van der Waals surface area contributed by atoms with Crippen molar-refractivity contribution in [2.75, 3.05) is 27.2 Å². The minimum absolute atomic E-state index is 0.335. The van der Waals surface area contributed by atoms with Crippen molar-refractivity contribution in [2.45, 2.75) is 18.8 Å². The van der Waals surface area contributed by atoms with Gasteiger partial charge in [-0.1, -0.05) is 6.04 Å². The SMILES string of the molecule is [2H]c1[nH]c2c([2H])c([2H])c(C([2H])([2H])[C@@H]3NC(=O)OC3([2H])[2H])c([2H])c2c1C([2H])([2H])C([2H])([2H])N(C)C. The Hall–Kier alpha value is -2.01. The summed E-state index contributed by atoms with van der Waals surface area (Å²) in [5, 5.41) is 1.48. The second-order valence-electron chi connectivity index (χ2n) is 4.49. The van der Waals surface area contributed by atoms with Gasteiger partial charge in [0, 0.05) is 31.8 Å². The maximum atomic E-state index is 11.6. The number of aryl methyl sites for hydroxylation is 1. The normalized spacial score (nSPS) is 31.0. The highest BCUT2D eigenvalue weighted by Gasteiger charge is 2.22. The Labute approximate surface area is 141 Å².